The van der Waals surface area contributed by atoms with Crippen molar-refractivity contribution in [1.82, 2.24) is 0 Å². The summed E-state index contributed by atoms with van der Waals surface area (Å²) in [5.41, 5.74) is 0.689. The zero-order chi connectivity index (χ0) is 14.2. The monoisotopic (exact) mass is 269 g/mol. The maximum atomic E-state index is 11.3. The van der Waals surface area contributed by atoms with E-state index in [2.05, 4.69) is 6.92 Å². The highest BCUT2D eigenvalue weighted by atomic mass is 17.1. The van der Waals surface area contributed by atoms with E-state index in [0.717, 1.165) is 25.7 Å². The molecule has 0 aromatic heterocycles. The molecule has 1 saturated carbocycles. The Balaban J connectivity index is 2.33. The summed E-state index contributed by atoms with van der Waals surface area (Å²) in [5, 5.41) is 16.5. The predicted octanol–water partition coefficient (Wildman–Crippen LogP) is 2.50. The molecule has 2 aliphatic carbocycles. The van der Waals surface area contributed by atoms with E-state index < -0.39 is 11.6 Å². The smallest absolute Gasteiger partial charge is 0.306 e. The van der Waals surface area contributed by atoms with Crippen LogP contribution in [0.1, 0.15) is 46.5 Å². The lowest BCUT2D eigenvalue weighted by Crippen LogP contribution is -2.39. The molecule has 108 valence electrons. The van der Waals surface area contributed by atoms with Crippen LogP contribution in [-0.2, 0) is 9.68 Å². The van der Waals surface area contributed by atoms with E-state index in [-0.39, 0.29) is 11.8 Å². The third-order valence-corrected chi connectivity index (χ3v) is 5.13. The summed E-state index contributed by atoms with van der Waals surface area (Å²) < 4.78 is 0. The second-order valence-corrected chi connectivity index (χ2v) is 6.49. The predicted molar refractivity (Wildman–Crippen MR) is 72.6 cm³/mol. The zero-order valence-corrected chi connectivity index (χ0v) is 12.0. The SMILES string of the molecule is C[C@@H]1CC[C@@H]([C@@H](C)C(=O)O)C2=C[C@](C)(O[OH2+])CC[C@H]21. The third-order valence-electron chi connectivity index (χ3n) is 5.13. The highest BCUT2D eigenvalue weighted by molar-refractivity contribution is 5.70. The molecule has 3 N–H and O–H groups in total. The molecule has 4 nitrogen and oxygen atoms in total. The minimum atomic E-state index is -0.724. The van der Waals surface area contributed by atoms with E-state index in [4.69, 9.17) is 10.1 Å². The van der Waals surface area contributed by atoms with Crippen LogP contribution in [0.25, 0.3) is 0 Å². The Morgan fingerprint density at radius 3 is 2.79 bits per heavy atom. The molecule has 5 atom stereocenters. The Morgan fingerprint density at radius 2 is 2.21 bits per heavy atom. The fraction of sp³-hybridized carbons (Fsp3) is 0.800. The summed E-state index contributed by atoms with van der Waals surface area (Å²) in [6.07, 6.45) is 5.94. The van der Waals surface area contributed by atoms with Crippen molar-refractivity contribution in [3.05, 3.63) is 11.6 Å². The molecule has 2 rings (SSSR count). The van der Waals surface area contributed by atoms with Crippen molar-refractivity contribution >= 4 is 5.97 Å². The summed E-state index contributed by atoms with van der Waals surface area (Å²) in [4.78, 5) is 16.2. The van der Waals surface area contributed by atoms with E-state index in [1.807, 2.05) is 13.0 Å². The summed E-state index contributed by atoms with van der Waals surface area (Å²) in [6, 6.07) is 0. The number of hydrogen-bond acceptors (Lipinski definition) is 2. The van der Waals surface area contributed by atoms with Crippen molar-refractivity contribution in [2.75, 3.05) is 0 Å². The van der Waals surface area contributed by atoms with Crippen LogP contribution in [0.2, 0.25) is 0 Å². The number of hydrogen-bond donors (Lipinski definition) is 1. The van der Waals surface area contributed by atoms with Gasteiger partial charge in [0, 0.05) is 0 Å². The van der Waals surface area contributed by atoms with Crippen LogP contribution >= 0.6 is 0 Å². The maximum Gasteiger partial charge on any atom is 0.306 e. The summed E-state index contributed by atoms with van der Waals surface area (Å²) in [6.45, 7) is 5.98. The zero-order valence-electron chi connectivity index (χ0n) is 12.0. The minimum absolute atomic E-state index is 0.105. The molecule has 4 heteroatoms. The van der Waals surface area contributed by atoms with E-state index in [1.165, 1.54) is 5.57 Å². The van der Waals surface area contributed by atoms with Gasteiger partial charge in [0.1, 0.15) is 0 Å². The lowest BCUT2D eigenvalue weighted by atomic mass is 9.62. The molecule has 19 heavy (non-hydrogen) atoms. The molecule has 0 radical (unpaired) electrons. The molecular formula is C15H25O4+. The summed E-state index contributed by atoms with van der Waals surface area (Å²) in [5.74, 6) is 0.114. The highest BCUT2D eigenvalue weighted by Gasteiger charge is 2.43. The Bertz CT molecular complexity index is 390. The lowest BCUT2D eigenvalue weighted by molar-refractivity contribution is -0.306. The molecule has 1 fully saturated rings. The van der Waals surface area contributed by atoms with E-state index in [0.29, 0.717) is 11.8 Å². The molecular weight excluding hydrogens is 244 g/mol. The second-order valence-electron chi connectivity index (χ2n) is 6.49. The van der Waals surface area contributed by atoms with Crippen molar-refractivity contribution in [1.29, 1.82) is 0 Å². The average Bonchev–Trinajstić information content (AvgIpc) is 2.38. The number of allylic oxidation sites excluding steroid dienone is 1. The van der Waals surface area contributed by atoms with Crippen LogP contribution in [0.5, 0.6) is 0 Å². The quantitative estimate of drug-likeness (QED) is 0.370. The van der Waals surface area contributed by atoms with Gasteiger partial charge in [0.25, 0.3) is 0 Å². The van der Waals surface area contributed by atoms with Gasteiger partial charge in [0.05, 0.1) is 5.92 Å². The van der Waals surface area contributed by atoms with Gasteiger partial charge in [-0.15, -0.1) is 4.89 Å². The van der Waals surface area contributed by atoms with Crippen molar-refractivity contribution < 1.29 is 20.0 Å². The number of fused-ring (bicyclic) bond motifs is 1. The van der Waals surface area contributed by atoms with Gasteiger partial charge < -0.3 is 5.11 Å². The Morgan fingerprint density at radius 1 is 1.53 bits per heavy atom. The average molecular weight is 269 g/mol. The Hall–Kier alpha value is -0.870. The van der Waals surface area contributed by atoms with Crippen LogP contribution in [0.15, 0.2) is 11.6 Å². The maximum absolute atomic E-state index is 11.3. The Kier molecular flexibility index (Phi) is 4.02. The number of rotatable bonds is 3. The fourth-order valence-electron chi connectivity index (χ4n) is 3.74. The molecule has 0 aliphatic heterocycles. The largest absolute Gasteiger partial charge is 0.481 e. The van der Waals surface area contributed by atoms with Crippen LogP contribution < -0.4 is 0 Å². The van der Waals surface area contributed by atoms with Gasteiger partial charge in [0.2, 0.25) is 0 Å². The molecule has 2 aliphatic rings. The fourth-order valence-corrected chi connectivity index (χ4v) is 3.74. The van der Waals surface area contributed by atoms with Gasteiger partial charge in [-0.2, -0.15) is 0 Å². The van der Waals surface area contributed by atoms with Gasteiger partial charge in [-0.05, 0) is 56.4 Å². The topological polar surface area (TPSA) is 69.4 Å². The van der Waals surface area contributed by atoms with Gasteiger partial charge in [-0.1, -0.05) is 19.4 Å². The first-order valence-electron chi connectivity index (χ1n) is 7.18. The molecule has 0 bridgehead atoms. The van der Waals surface area contributed by atoms with Crippen molar-refractivity contribution in [2.45, 2.75) is 52.1 Å². The van der Waals surface area contributed by atoms with Crippen molar-refractivity contribution in [2.24, 2.45) is 23.7 Å². The van der Waals surface area contributed by atoms with Crippen molar-refractivity contribution in [3.8, 4) is 0 Å². The molecule has 0 aromatic carbocycles. The van der Waals surface area contributed by atoms with Crippen LogP contribution in [0.4, 0.5) is 0 Å². The second kappa shape index (κ2) is 5.25. The number of carboxylic acid groups (broad SMARTS) is 1. The molecule has 0 unspecified atom stereocenters. The van der Waals surface area contributed by atoms with Gasteiger partial charge >= 0.3 is 5.97 Å². The molecule has 0 heterocycles. The van der Waals surface area contributed by atoms with E-state index in [1.54, 1.807) is 6.92 Å². The molecule has 0 spiro atoms. The van der Waals surface area contributed by atoms with Gasteiger partial charge in [-0.25, -0.2) is 0 Å². The highest BCUT2D eigenvalue weighted by Crippen LogP contribution is 2.48. The van der Waals surface area contributed by atoms with E-state index in [9.17, 15) is 9.90 Å². The first-order chi connectivity index (χ1) is 8.88. The molecule has 0 amide bonds. The van der Waals surface area contributed by atoms with Gasteiger partial charge in [0.15, 0.2) is 5.60 Å². The normalized spacial score (nSPS) is 40.2. The van der Waals surface area contributed by atoms with Crippen LogP contribution in [0, 0.1) is 23.7 Å². The van der Waals surface area contributed by atoms with Crippen LogP contribution in [-0.4, -0.2) is 21.9 Å². The number of carboxylic acids is 1. The van der Waals surface area contributed by atoms with Gasteiger partial charge in [-0.3, -0.25) is 10.1 Å². The standard InChI is InChI=1S/C15H24O4/c1-9-4-5-12(10(2)14(16)17)13-8-15(3,19-18)7-6-11(9)13/h8-12,18H,4-7H2,1-3H3,(H,16,17)/p+1/t9-,10-,11+,12+,15-/m1/s1. The minimum Gasteiger partial charge on any atom is -0.481 e. The Labute approximate surface area is 114 Å². The number of aliphatic carboxylic acids is 1. The molecule has 0 saturated heterocycles. The number of carbonyl (C=O) groups is 1. The first-order valence-corrected chi connectivity index (χ1v) is 7.18. The molecule has 0 aromatic rings. The lowest BCUT2D eigenvalue weighted by Gasteiger charge is -2.43. The third kappa shape index (κ3) is 2.70. The summed E-state index contributed by atoms with van der Waals surface area (Å²) in [7, 11) is 0. The summed E-state index contributed by atoms with van der Waals surface area (Å²) >= 11 is 0. The van der Waals surface area contributed by atoms with E-state index >= 15 is 0 Å². The van der Waals surface area contributed by atoms with Crippen molar-refractivity contribution in [3.63, 3.8) is 0 Å². The first kappa shape index (κ1) is 14.5. The van der Waals surface area contributed by atoms with Crippen LogP contribution in [0.3, 0.4) is 0 Å².